The summed E-state index contributed by atoms with van der Waals surface area (Å²) in [6.07, 6.45) is 1.86. The lowest BCUT2D eigenvalue weighted by molar-refractivity contribution is 0.0943. The minimum atomic E-state index is -3.37. The Morgan fingerprint density at radius 2 is 1.72 bits per heavy atom. The van der Waals surface area contributed by atoms with Crippen LogP contribution in [0.15, 0.2) is 40.6 Å². The van der Waals surface area contributed by atoms with Crippen molar-refractivity contribution in [3.05, 3.63) is 42.0 Å². The Bertz CT molecular complexity index is 849. The summed E-state index contributed by atoms with van der Waals surface area (Å²) in [5, 5.41) is 2.85. The van der Waals surface area contributed by atoms with Crippen LogP contribution in [0.2, 0.25) is 0 Å². The number of amides is 1. The zero-order chi connectivity index (χ0) is 18.0. The summed E-state index contributed by atoms with van der Waals surface area (Å²) in [7, 11) is -3.37. The standard InChI is InChI=1S/C18H22N2O3S2/c1-13(2)19-18(21)15-7-5-14(6-8-15)16-9-10-17(24-16)25(22,23)20-11-3-4-12-20/h5-10,13H,3-4,11-12H2,1-2H3,(H,19,21). The first kappa shape index (κ1) is 18.1. The van der Waals surface area contributed by atoms with Gasteiger partial charge in [0.1, 0.15) is 4.21 Å². The number of hydrogen-bond acceptors (Lipinski definition) is 4. The van der Waals surface area contributed by atoms with Crippen LogP contribution >= 0.6 is 11.3 Å². The topological polar surface area (TPSA) is 66.5 Å². The first-order valence-electron chi connectivity index (χ1n) is 8.39. The molecule has 25 heavy (non-hydrogen) atoms. The summed E-state index contributed by atoms with van der Waals surface area (Å²) in [6.45, 7) is 5.05. The molecule has 0 spiro atoms. The Morgan fingerprint density at radius 3 is 2.32 bits per heavy atom. The Balaban J connectivity index is 1.79. The summed E-state index contributed by atoms with van der Waals surface area (Å²) < 4.78 is 27.2. The van der Waals surface area contributed by atoms with Crippen molar-refractivity contribution in [2.75, 3.05) is 13.1 Å². The minimum absolute atomic E-state index is 0.0859. The van der Waals surface area contributed by atoms with E-state index in [2.05, 4.69) is 5.32 Å². The van der Waals surface area contributed by atoms with Gasteiger partial charge < -0.3 is 5.32 Å². The van der Waals surface area contributed by atoms with E-state index >= 15 is 0 Å². The highest BCUT2D eigenvalue weighted by Crippen LogP contribution is 2.33. The first-order valence-corrected chi connectivity index (χ1v) is 10.6. The predicted molar refractivity (Wildman–Crippen MR) is 100 cm³/mol. The van der Waals surface area contributed by atoms with Gasteiger partial charge in [-0.1, -0.05) is 12.1 Å². The van der Waals surface area contributed by atoms with Crippen molar-refractivity contribution in [3.63, 3.8) is 0 Å². The molecule has 2 heterocycles. The van der Waals surface area contributed by atoms with Crippen LogP contribution in [0.3, 0.4) is 0 Å². The number of hydrogen-bond donors (Lipinski definition) is 1. The van der Waals surface area contributed by atoms with Crippen molar-refractivity contribution < 1.29 is 13.2 Å². The lowest BCUT2D eigenvalue weighted by Crippen LogP contribution is -2.29. The number of nitrogens with one attached hydrogen (secondary N) is 1. The van der Waals surface area contributed by atoms with Crippen LogP contribution in [0.4, 0.5) is 0 Å². The quantitative estimate of drug-likeness (QED) is 0.868. The summed E-state index contributed by atoms with van der Waals surface area (Å²) in [5.41, 5.74) is 1.51. The Hall–Kier alpha value is -1.70. The third-order valence-electron chi connectivity index (χ3n) is 4.09. The van der Waals surface area contributed by atoms with Crippen molar-refractivity contribution in [2.24, 2.45) is 0 Å². The average Bonchev–Trinajstić information content (AvgIpc) is 3.26. The summed E-state index contributed by atoms with van der Waals surface area (Å²) >= 11 is 1.27. The summed E-state index contributed by atoms with van der Waals surface area (Å²) in [4.78, 5) is 12.9. The third-order valence-corrected chi connectivity index (χ3v) is 7.59. The van der Waals surface area contributed by atoms with Crippen molar-refractivity contribution in [3.8, 4) is 10.4 Å². The van der Waals surface area contributed by atoms with Gasteiger partial charge in [-0.05, 0) is 56.5 Å². The number of thiophene rings is 1. The van der Waals surface area contributed by atoms with Crippen LogP contribution in [0, 0.1) is 0 Å². The molecule has 5 nitrogen and oxygen atoms in total. The molecule has 1 N–H and O–H groups in total. The second-order valence-corrected chi connectivity index (χ2v) is 9.68. The van der Waals surface area contributed by atoms with E-state index in [1.54, 1.807) is 22.5 Å². The molecular weight excluding hydrogens is 356 g/mol. The monoisotopic (exact) mass is 378 g/mol. The maximum atomic E-state index is 12.6. The van der Waals surface area contributed by atoms with Gasteiger partial charge in [0.2, 0.25) is 0 Å². The van der Waals surface area contributed by atoms with Gasteiger partial charge in [0.05, 0.1) is 0 Å². The number of carbonyl (C=O) groups is 1. The molecule has 1 amide bonds. The first-order chi connectivity index (χ1) is 11.9. The average molecular weight is 379 g/mol. The summed E-state index contributed by atoms with van der Waals surface area (Å²) in [5.74, 6) is -0.106. The van der Waals surface area contributed by atoms with E-state index in [0.717, 1.165) is 23.3 Å². The molecular formula is C18H22N2O3S2. The number of sulfonamides is 1. The number of benzene rings is 1. The molecule has 0 unspecified atom stereocenters. The van der Waals surface area contributed by atoms with Crippen LogP contribution in [0.1, 0.15) is 37.0 Å². The second kappa shape index (κ2) is 7.27. The lowest BCUT2D eigenvalue weighted by Gasteiger charge is -2.13. The van der Waals surface area contributed by atoms with E-state index in [0.29, 0.717) is 22.9 Å². The third kappa shape index (κ3) is 3.94. The maximum absolute atomic E-state index is 12.6. The Labute approximate surface area is 152 Å². The zero-order valence-corrected chi connectivity index (χ0v) is 16.0. The number of carbonyl (C=O) groups excluding carboxylic acids is 1. The normalized spacial score (nSPS) is 15.6. The van der Waals surface area contributed by atoms with Crippen molar-refractivity contribution >= 4 is 27.3 Å². The molecule has 0 aliphatic carbocycles. The van der Waals surface area contributed by atoms with E-state index in [-0.39, 0.29) is 11.9 Å². The smallest absolute Gasteiger partial charge is 0.252 e. The van der Waals surface area contributed by atoms with Gasteiger partial charge in [0.25, 0.3) is 15.9 Å². The molecule has 0 atom stereocenters. The van der Waals surface area contributed by atoms with Crippen molar-refractivity contribution in [1.82, 2.24) is 9.62 Å². The molecule has 0 radical (unpaired) electrons. The van der Waals surface area contributed by atoms with Gasteiger partial charge in [0.15, 0.2) is 0 Å². The van der Waals surface area contributed by atoms with E-state index in [1.165, 1.54) is 11.3 Å². The van der Waals surface area contributed by atoms with Gasteiger partial charge in [-0.3, -0.25) is 4.79 Å². The molecule has 2 aromatic rings. The molecule has 0 bridgehead atoms. The molecule has 0 saturated carbocycles. The van der Waals surface area contributed by atoms with Gasteiger partial charge in [-0.15, -0.1) is 11.3 Å². The lowest BCUT2D eigenvalue weighted by atomic mass is 10.1. The van der Waals surface area contributed by atoms with Crippen LogP contribution < -0.4 is 5.32 Å². The van der Waals surface area contributed by atoms with Gasteiger partial charge in [-0.25, -0.2) is 8.42 Å². The van der Waals surface area contributed by atoms with E-state index < -0.39 is 10.0 Å². The molecule has 7 heteroatoms. The number of nitrogens with zero attached hydrogens (tertiary/aromatic N) is 1. The van der Waals surface area contributed by atoms with Crippen molar-refractivity contribution in [1.29, 1.82) is 0 Å². The van der Waals surface area contributed by atoms with Gasteiger partial charge in [0, 0.05) is 29.6 Å². The molecule has 1 aromatic carbocycles. The van der Waals surface area contributed by atoms with Crippen LogP contribution in [0.25, 0.3) is 10.4 Å². The van der Waals surface area contributed by atoms with Crippen LogP contribution in [-0.2, 0) is 10.0 Å². The van der Waals surface area contributed by atoms with E-state index in [1.807, 2.05) is 32.0 Å². The Kier molecular flexibility index (Phi) is 5.27. The molecule has 3 rings (SSSR count). The fourth-order valence-corrected chi connectivity index (χ4v) is 5.78. The fraction of sp³-hybridized carbons (Fsp3) is 0.389. The number of rotatable bonds is 5. The minimum Gasteiger partial charge on any atom is -0.350 e. The van der Waals surface area contributed by atoms with E-state index in [9.17, 15) is 13.2 Å². The molecule has 1 saturated heterocycles. The molecule has 1 aromatic heterocycles. The van der Waals surface area contributed by atoms with Crippen LogP contribution in [0.5, 0.6) is 0 Å². The van der Waals surface area contributed by atoms with Crippen LogP contribution in [-0.4, -0.2) is 37.8 Å². The second-order valence-electron chi connectivity index (χ2n) is 6.44. The highest BCUT2D eigenvalue weighted by molar-refractivity contribution is 7.91. The Morgan fingerprint density at radius 1 is 1.08 bits per heavy atom. The van der Waals surface area contributed by atoms with Crippen molar-refractivity contribution in [2.45, 2.75) is 36.9 Å². The molecule has 1 fully saturated rings. The van der Waals surface area contributed by atoms with E-state index in [4.69, 9.17) is 0 Å². The summed E-state index contributed by atoms with van der Waals surface area (Å²) in [6, 6.07) is 10.8. The SMILES string of the molecule is CC(C)NC(=O)c1ccc(-c2ccc(S(=O)(=O)N3CCCC3)s2)cc1. The van der Waals surface area contributed by atoms with Gasteiger partial charge >= 0.3 is 0 Å². The van der Waals surface area contributed by atoms with Gasteiger partial charge in [-0.2, -0.15) is 4.31 Å². The zero-order valence-electron chi connectivity index (χ0n) is 14.4. The molecule has 1 aliphatic heterocycles. The highest BCUT2D eigenvalue weighted by atomic mass is 32.2. The molecule has 1 aliphatic rings. The predicted octanol–water partition coefficient (Wildman–Crippen LogP) is 3.34. The molecule has 134 valence electrons. The maximum Gasteiger partial charge on any atom is 0.252 e. The fourth-order valence-electron chi connectivity index (χ4n) is 2.80. The largest absolute Gasteiger partial charge is 0.350 e. The highest BCUT2D eigenvalue weighted by Gasteiger charge is 2.28.